The fraction of sp³-hybridized carbons (Fsp3) is 0.300. The summed E-state index contributed by atoms with van der Waals surface area (Å²) in [6.45, 7) is 1.37. The molecule has 160 valence electrons. The van der Waals surface area contributed by atoms with Crippen LogP contribution in [0.3, 0.4) is 0 Å². The average molecular weight is 433 g/mol. The van der Waals surface area contributed by atoms with Gasteiger partial charge in [-0.15, -0.1) is 0 Å². The second kappa shape index (κ2) is 8.82. The number of aromatic hydroxyl groups is 1. The fourth-order valence-electron chi connectivity index (χ4n) is 3.57. The summed E-state index contributed by atoms with van der Waals surface area (Å²) in [5, 5.41) is 21.2. The predicted molar refractivity (Wildman–Crippen MR) is 108 cm³/mol. The Hall–Kier alpha value is -2.95. The summed E-state index contributed by atoms with van der Waals surface area (Å²) in [4.78, 5) is 23.5. The van der Waals surface area contributed by atoms with E-state index in [4.69, 9.17) is 5.21 Å². The minimum absolute atomic E-state index is 0.0127. The van der Waals surface area contributed by atoms with Crippen LogP contribution in [-0.2, 0) is 19.6 Å². The Kier molecular flexibility index (Phi) is 6.40. The molecule has 4 N–H and O–H groups in total. The molecule has 10 heteroatoms. The van der Waals surface area contributed by atoms with Gasteiger partial charge in [0.05, 0.1) is 4.90 Å². The molecule has 2 aromatic carbocycles. The van der Waals surface area contributed by atoms with E-state index >= 15 is 0 Å². The lowest BCUT2D eigenvalue weighted by molar-refractivity contribution is -0.134. The summed E-state index contributed by atoms with van der Waals surface area (Å²) in [6, 6.07) is 11.2. The van der Waals surface area contributed by atoms with Crippen molar-refractivity contribution in [2.24, 2.45) is 0 Å². The first kappa shape index (κ1) is 21.8. The van der Waals surface area contributed by atoms with Gasteiger partial charge in [0, 0.05) is 19.5 Å². The van der Waals surface area contributed by atoms with Crippen molar-refractivity contribution in [3.8, 4) is 16.9 Å². The van der Waals surface area contributed by atoms with Gasteiger partial charge in [0.2, 0.25) is 15.9 Å². The molecule has 2 amide bonds. The van der Waals surface area contributed by atoms with Gasteiger partial charge in [0.25, 0.3) is 5.91 Å². The summed E-state index contributed by atoms with van der Waals surface area (Å²) in [6.07, 6.45) is 0.399. The highest BCUT2D eigenvalue weighted by Crippen LogP contribution is 2.28. The molecule has 0 aliphatic carbocycles. The van der Waals surface area contributed by atoms with Crippen molar-refractivity contribution >= 4 is 21.8 Å². The van der Waals surface area contributed by atoms with E-state index < -0.39 is 22.0 Å². The molecule has 1 heterocycles. The van der Waals surface area contributed by atoms with Crippen molar-refractivity contribution in [3.05, 3.63) is 48.5 Å². The molecule has 9 nitrogen and oxygen atoms in total. The number of hydrogen-bond acceptors (Lipinski definition) is 6. The van der Waals surface area contributed by atoms with E-state index in [0.29, 0.717) is 6.42 Å². The van der Waals surface area contributed by atoms with Crippen molar-refractivity contribution in [3.63, 3.8) is 0 Å². The number of benzene rings is 2. The van der Waals surface area contributed by atoms with Crippen molar-refractivity contribution in [2.45, 2.75) is 36.7 Å². The molecule has 0 radical (unpaired) electrons. The number of carbonyl (C=O) groups excluding carboxylic acids is 2. The number of sulfonamides is 1. The van der Waals surface area contributed by atoms with Crippen LogP contribution >= 0.6 is 0 Å². The van der Waals surface area contributed by atoms with Crippen LogP contribution in [0.2, 0.25) is 0 Å². The van der Waals surface area contributed by atoms with Crippen LogP contribution in [0.15, 0.2) is 53.4 Å². The molecular formula is C20H23N3O6S. The molecule has 2 aromatic rings. The Balaban J connectivity index is 1.86. The predicted octanol–water partition coefficient (Wildman–Crippen LogP) is 1.22. The lowest BCUT2D eigenvalue weighted by atomic mass is 9.99. The third-order valence-electron chi connectivity index (χ3n) is 5.04. The number of rotatable bonds is 5. The number of hydroxylamine groups is 1. The lowest BCUT2D eigenvalue weighted by Crippen LogP contribution is -2.56. The number of phenolic OH excluding ortho intramolecular Hbond substituents is 1. The molecule has 2 atom stereocenters. The first-order valence-corrected chi connectivity index (χ1v) is 10.8. The van der Waals surface area contributed by atoms with Crippen LogP contribution in [0.5, 0.6) is 5.75 Å². The minimum Gasteiger partial charge on any atom is -0.508 e. The van der Waals surface area contributed by atoms with Crippen molar-refractivity contribution in [1.82, 2.24) is 15.1 Å². The third kappa shape index (κ3) is 4.61. The van der Waals surface area contributed by atoms with Gasteiger partial charge in [-0.2, -0.15) is 4.31 Å². The molecule has 0 bridgehead atoms. The topological polar surface area (TPSA) is 136 Å². The fourth-order valence-corrected chi connectivity index (χ4v) is 5.18. The molecule has 1 aliphatic heterocycles. The number of nitrogens with zero attached hydrogens (tertiary/aromatic N) is 1. The average Bonchev–Trinajstić information content (AvgIpc) is 2.73. The standard InChI is InChI=1S/C20H23N3O6S/c1-13(24)21-16-10-11-23(19(12-16)20(26)22-27)30(28,29)18-8-4-15(5-9-18)14-2-6-17(25)7-3-14/h2-9,16,19,25,27H,10-12H2,1H3,(H,21,24)(H,22,26)/t16-,19-/m1/s1. The van der Waals surface area contributed by atoms with E-state index in [9.17, 15) is 23.1 Å². The quantitative estimate of drug-likeness (QED) is 0.414. The van der Waals surface area contributed by atoms with Gasteiger partial charge in [0.1, 0.15) is 11.8 Å². The molecule has 0 saturated carbocycles. The normalized spacial score (nSPS) is 19.8. The Morgan fingerprint density at radius 3 is 2.13 bits per heavy atom. The van der Waals surface area contributed by atoms with E-state index in [1.807, 2.05) is 0 Å². The summed E-state index contributed by atoms with van der Waals surface area (Å²) < 4.78 is 27.4. The van der Waals surface area contributed by atoms with E-state index in [1.54, 1.807) is 24.3 Å². The number of nitrogens with one attached hydrogen (secondary N) is 2. The van der Waals surface area contributed by atoms with Crippen LogP contribution < -0.4 is 10.8 Å². The van der Waals surface area contributed by atoms with E-state index in [1.165, 1.54) is 36.7 Å². The number of hydrogen-bond donors (Lipinski definition) is 4. The van der Waals surface area contributed by atoms with Gasteiger partial charge in [-0.05, 0) is 48.2 Å². The monoisotopic (exact) mass is 433 g/mol. The summed E-state index contributed by atoms with van der Waals surface area (Å²) >= 11 is 0. The zero-order valence-electron chi connectivity index (χ0n) is 16.3. The second-order valence-electron chi connectivity index (χ2n) is 7.10. The molecule has 0 aromatic heterocycles. The summed E-state index contributed by atoms with van der Waals surface area (Å²) in [7, 11) is -4.02. The number of carbonyl (C=O) groups is 2. The Morgan fingerprint density at radius 2 is 1.60 bits per heavy atom. The molecular weight excluding hydrogens is 410 g/mol. The van der Waals surface area contributed by atoms with E-state index in [-0.39, 0.29) is 35.6 Å². The summed E-state index contributed by atoms with van der Waals surface area (Å²) in [5.74, 6) is -0.993. The molecule has 3 rings (SSSR count). The SMILES string of the molecule is CC(=O)N[C@@H]1CCN(S(=O)(=O)c2ccc(-c3ccc(O)cc3)cc2)[C@@H](C(=O)NO)C1. The van der Waals surface area contributed by atoms with E-state index in [0.717, 1.165) is 15.4 Å². The van der Waals surface area contributed by atoms with Crippen LogP contribution in [0, 0.1) is 0 Å². The van der Waals surface area contributed by atoms with Crippen molar-refractivity contribution in [1.29, 1.82) is 0 Å². The molecule has 1 saturated heterocycles. The Morgan fingerprint density at radius 1 is 1.03 bits per heavy atom. The van der Waals surface area contributed by atoms with Crippen LogP contribution in [0.4, 0.5) is 0 Å². The second-order valence-corrected chi connectivity index (χ2v) is 8.99. The van der Waals surface area contributed by atoms with Crippen molar-refractivity contribution in [2.75, 3.05) is 6.54 Å². The molecule has 0 unspecified atom stereocenters. The molecule has 0 spiro atoms. The minimum atomic E-state index is -4.02. The van der Waals surface area contributed by atoms with Crippen LogP contribution in [-0.4, -0.2) is 53.5 Å². The number of piperidine rings is 1. The number of amides is 2. The highest BCUT2D eigenvalue weighted by atomic mass is 32.2. The lowest BCUT2D eigenvalue weighted by Gasteiger charge is -2.37. The Bertz CT molecular complexity index is 1020. The Labute approximate surface area is 174 Å². The highest BCUT2D eigenvalue weighted by Gasteiger charge is 2.40. The van der Waals surface area contributed by atoms with Gasteiger partial charge < -0.3 is 10.4 Å². The molecule has 30 heavy (non-hydrogen) atoms. The molecule has 1 aliphatic rings. The van der Waals surface area contributed by atoms with Gasteiger partial charge in [0.15, 0.2) is 0 Å². The highest BCUT2D eigenvalue weighted by molar-refractivity contribution is 7.89. The maximum atomic E-state index is 13.2. The maximum Gasteiger partial charge on any atom is 0.261 e. The van der Waals surface area contributed by atoms with E-state index in [2.05, 4.69) is 5.32 Å². The van der Waals surface area contributed by atoms with Crippen LogP contribution in [0.25, 0.3) is 11.1 Å². The zero-order chi connectivity index (χ0) is 21.9. The van der Waals surface area contributed by atoms with Crippen molar-refractivity contribution < 1.29 is 28.3 Å². The maximum absolute atomic E-state index is 13.2. The number of phenols is 1. The van der Waals surface area contributed by atoms with Gasteiger partial charge >= 0.3 is 0 Å². The first-order chi connectivity index (χ1) is 14.2. The largest absolute Gasteiger partial charge is 0.508 e. The van der Waals surface area contributed by atoms with Gasteiger partial charge in [-0.3, -0.25) is 14.8 Å². The molecule has 1 fully saturated rings. The zero-order valence-corrected chi connectivity index (χ0v) is 17.1. The van der Waals surface area contributed by atoms with Gasteiger partial charge in [-0.1, -0.05) is 24.3 Å². The first-order valence-electron chi connectivity index (χ1n) is 9.34. The summed E-state index contributed by atoms with van der Waals surface area (Å²) in [5.41, 5.74) is 3.10. The van der Waals surface area contributed by atoms with Gasteiger partial charge in [-0.25, -0.2) is 13.9 Å². The smallest absolute Gasteiger partial charge is 0.261 e. The van der Waals surface area contributed by atoms with Crippen LogP contribution in [0.1, 0.15) is 19.8 Å². The third-order valence-corrected chi connectivity index (χ3v) is 6.96.